The van der Waals surface area contributed by atoms with E-state index in [0.29, 0.717) is 25.2 Å². The number of carbonyl (C=O) groups is 1. The lowest BCUT2D eigenvalue weighted by Gasteiger charge is -2.18. The van der Waals surface area contributed by atoms with E-state index in [1.807, 2.05) is 17.5 Å². The van der Waals surface area contributed by atoms with Gasteiger partial charge in [0, 0.05) is 11.5 Å². The SMILES string of the molecule is O=C(NC1COCCOB1O)/C(=C\CCO)c1cccs1. The molecule has 1 aromatic heterocycles. The minimum atomic E-state index is -1.08. The Morgan fingerprint density at radius 2 is 2.43 bits per heavy atom. The molecule has 2 rings (SSSR count). The molecule has 1 unspecified atom stereocenters. The molecule has 0 radical (unpaired) electrons. The van der Waals surface area contributed by atoms with Crippen LogP contribution in [0.25, 0.3) is 5.57 Å². The second kappa shape index (κ2) is 8.30. The summed E-state index contributed by atoms with van der Waals surface area (Å²) in [5.74, 6) is -0.929. The van der Waals surface area contributed by atoms with Crippen molar-refractivity contribution in [3.05, 3.63) is 28.5 Å². The first-order valence-electron chi connectivity index (χ1n) is 6.75. The Hall–Kier alpha value is -1.19. The molecule has 21 heavy (non-hydrogen) atoms. The highest BCUT2D eigenvalue weighted by atomic mass is 32.1. The summed E-state index contributed by atoms with van der Waals surface area (Å²) >= 11 is 1.44. The van der Waals surface area contributed by atoms with Crippen LogP contribution in [-0.4, -0.2) is 55.5 Å². The van der Waals surface area contributed by atoms with Crippen LogP contribution in [0, 0.1) is 0 Å². The number of rotatable bonds is 5. The lowest BCUT2D eigenvalue weighted by molar-refractivity contribution is -0.116. The van der Waals surface area contributed by atoms with Crippen molar-refractivity contribution < 1.29 is 24.3 Å². The van der Waals surface area contributed by atoms with Crippen LogP contribution in [0.5, 0.6) is 0 Å². The molecular weight excluding hydrogens is 293 g/mol. The number of hydrogen-bond donors (Lipinski definition) is 3. The van der Waals surface area contributed by atoms with Gasteiger partial charge < -0.3 is 24.8 Å². The molecule has 8 heteroatoms. The van der Waals surface area contributed by atoms with Crippen molar-refractivity contribution in [1.29, 1.82) is 0 Å². The lowest BCUT2D eigenvalue weighted by atomic mass is 9.79. The molecule has 2 heterocycles. The first kappa shape index (κ1) is 16.2. The van der Waals surface area contributed by atoms with Crippen molar-refractivity contribution in [3.63, 3.8) is 0 Å². The fourth-order valence-corrected chi connectivity index (χ4v) is 2.71. The summed E-state index contributed by atoms with van der Waals surface area (Å²) in [7, 11) is -1.08. The standard InChI is InChI=1S/C13H18BNO5S/c16-5-1-3-10(11-4-2-8-21-11)13(17)15-12-9-19-6-7-20-14(12)18/h2-4,8,12,16,18H,1,5-7,9H2,(H,15,17)/b10-3-. The van der Waals surface area contributed by atoms with Crippen molar-refractivity contribution in [3.8, 4) is 0 Å². The molecule has 1 aromatic rings. The van der Waals surface area contributed by atoms with Gasteiger partial charge in [0.15, 0.2) is 0 Å². The summed E-state index contributed by atoms with van der Waals surface area (Å²) in [6.07, 6.45) is 2.08. The van der Waals surface area contributed by atoms with Crippen LogP contribution in [0.4, 0.5) is 0 Å². The van der Waals surface area contributed by atoms with Crippen LogP contribution in [0.2, 0.25) is 0 Å². The number of aliphatic hydroxyl groups is 1. The zero-order valence-corrected chi connectivity index (χ0v) is 12.3. The first-order chi connectivity index (χ1) is 10.2. The molecule has 1 fully saturated rings. The molecule has 0 saturated carbocycles. The third-order valence-corrected chi connectivity index (χ3v) is 3.89. The van der Waals surface area contributed by atoms with Gasteiger partial charge in [0.1, 0.15) is 0 Å². The van der Waals surface area contributed by atoms with E-state index in [1.165, 1.54) is 11.3 Å². The normalized spacial score (nSPS) is 20.2. The zero-order chi connectivity index (χ0) is 15.1. The predicted octanol–water partition coefficient (Wildman–Crippen LogP) is 0.0652. The second-order valence-electron chi connectivity index (χ2n) is 4.52. The van der Waals surface area contributed by atoms with Gasteiger partial charge in [0.25, 0.3) is 5.91 Å². The number of hydrogen-bond acceptors (Lipinski definition) is 6. The molecule has 0 bridgehead atoms. The van der Waals surface area contributed by atoms with Crippen molar-refractivity contribution in [2.24, 2.45) is 0 Å². The van der Waals surface area contributed by atoms with E-state index in [9.17, 15) is 9.82 Å². The maximum atomic E-state index is 12.4. The molecule has 6 nitrogen and oxygen atoms in total. The third kappa shape index (κ3) is 4.65. The fraction of sp³-hybridized carbons (Fsp3) is 0.462. The van der Waals surface area contributed by atoms with E-state index in [4.69, 9.17) is 14.5 Å². The van der Waals surface area contributed by atoms with Gasteiger partial charge in [-0.05, 0) is 17.9 Å². The molecular formula is C13H18BNO5S. The van der Waals surface area contributed by atoms with E-state index in [-0.39, 0.29) is 19.1 Å². The van der Waals surface area contributed by atoms with E-state index >= 15 is 0 Å². The van der Waals surface area contributed by atoms with Gasteiger partial charge in [-0.1, -0.05) is 12.1 Å². The van der Waals surface area contributed by atoms with Gasteiger partial charge in [-0.15, -0.1) is 11.3 Å². The zero-order valence-electron chi connectivity index (χ0n) is 11.5. The average molecular weight is 311 g/mol. The van der Waals surface area contributed by atoms with E-state index in [1.54, 1.807) is 6.08 Å². The van der Waals surface area contributed by atoms with Crippen LogP contribution < -0.4 is 5.32 Å². The molecule has 1 amide bonds. The lowest BCUT2D eigenvalue weighted by Crippen LogP contribution is -2.49. The van der Waals surface area contributed by atoms with Crippen LogP contribution in [0.15, 0.2) is 23.6 Å². The molecule has 114 valence electrons. The highest BCUT2D eigenvalue weighted by Crippen LogP contribution is 2.21. The summed E-state index contributed by atoms with van der Waals surface area (Å²) in [5, 5.41) is 23.4. The summed E-state index contributed by atoms with van der Waals surface area (Å²) in [4.78, 5) is 13.2. The maximum Gasteiger partial charge on any atom is 0.480 e. The number of ether oxygens (including phenoxy) is 1. The molecule has 1 aliphatic rings. The second-order valence-corrected chi connectivity index (χ2v) is 5.47. The molecule has 1 aliphatic heterocycles. The van der Waals surface area contributed by atoms with Gasteiger partial charge in [-0.2, -0.15) is 0 Å². The maximum absolute atomic E-state index is 12.4. The van der Waals surface area contributed by atoms with Gasteiger partial charge in [-0.25, -0.2) is 0 Å². The van der Waals surface area contributed by atoms with Gasteiger partial charge in [0.05, 0.1) is 31.3 Å². The van der Waals surface area contributed by atoms with Gasteiger partial charge in [0.2, 0.25) is 0 Å². The number of nitrogens with one attached hydrogen (secondary N) is 1. The highest BCUT2D eigenvalue weighted by Gasteiger charge is 2.31. The minimum Gasteiger partial charge on any atom is -0.426 e. The number of carbonyl (C=O) groups excluding carboxylic acids is 1. The number of thiophene rings is 1. The van der Waals surface area contributed by atoms with Crippen LogP contribution >= 0.6 is 11.3 Å². The Morgan fingerprint density at radius 1 is 1.57 bits per heavy atom. The third-order valence-electron chi connectivity index (χ3n) is 2.98. The van der Waals surface area contributed by atoms with E-state index in [0.717, 1.165) is 4.88 Å². The Kier molecular flexibility index (Phi) is 6.40. The monoisotopic (exact) mass is 311 g/mol. The largest absolute Gasteiger partial charge is 0.480 e. The summed E-state index contributed by atoms with van der Waals surface area (Å²) in [6, 6.07) is 3.69. The highest BCUT2D eigenvalue weighted by molar-refractivity contribution is 7.11. The summed E-state index contributed by atoms with van der Waals surface area (Å²) < 4.78 is 10.4. The molecule has 0 aliphatic carbocycles. The molecule has 3 N–H and O–H groups in total. The quantitative estimate of drug-likeness (QED) is 0.529. The topological polar surface area (TPSA) is 88.0 Å². The van der Waals surface area contributed by atoms with Crippen LogP contribution in [0.1, 0.15) is 11.3 Å². The van der Waals surface area contributed by atoms with Gasteiger partial charge >= 0.3 is 7.12 Å². The fourth-order valence-electron chi connectivity index (χ4n) is 1.94. The summed E-state index contributed by atoms with van der Waals surface area (Å²) in [5.41, 5.74) is 0.482. The van der Waals surface area contributed by atoms with Crippen molar-refractivity contribution in [2.75, 3.05) is 26.4 Å². The first-order valence-corrected chi connectivity index (χ1v) is 7.63. The molecule has 0 spiro atoms. The van der Waals surface area contributed by atoms with Crippen molar-refractivity contribution >= 4 is 29.9 Å². The number of aliphatic hydroxyl groups excluding tert-OH is 1. The minimum absolute atomic E-state index is 0.0274. The molecule has 0 aromatic carbocycles. The van der Waals surface area contributed by atoms with E-state index in [2.05, 4.69) is 5.32 Å². The smallest absolute Gasteiger partial charge is 0.426 e. The van der Waals surface area contributed by atoms with E-state index < -0.39 is 13.1 Å². The Morgan fingerprint density at radius 3 is 3.14 bits per heavy atom. The van der Waals surface area contributed by atoms with Gasteiger partial charge in [-0.3, -0.25) is 4.79 Å². The predicted molar refractivity (Wildman–Crippen MR) is 80.7 cm³/mol. The number of amides is 1. The van der Waals surface area contributed by atoms with Crippen LogP contribution in [0.3, 0.4) is 0 Å². The Bertz CT molecular complexity index is 479. The molecule has 1 atom stereocenters. The molecule has 1 saturated heterocycles. The Balaban J connectivity index is 2.07. The summed E-state index contributed by atoms with van der Waals surface area (Å²) in [6.45, 7) is 0.859. The Labute approximate surface area is 127 Å². The van der Waals surface area contributed by atoms with Crippen molar-refractivity contribution in [1.82, 2.24) is 5.32 Å². The van der Waals surface area contributed by atoms with Crippen LogP contribution in [-0.2, 0) is 14.2 Å². The van der Waals surface area contributed by atoms with Crippen molar-refractivity contribution in [2.45, 2.75) is 12.4 Å². The average Bonchev–Trinajstić information content (AvgIpc) is 2.92.